The molecule has 0 radical (unpaired) electrons. The van der Waals surface area contributed by atoms with Gasteiger partial charge in [0.15, 0.2) is 0 Å². The van der Waals surface area contributed by atoms with Crippen LogP contribution >= 0.6 is 11.8 Å². The van der Waals surface area contributed by atoms with Crippen molar-refractivity contribution in [1.29, 1.82) is 0 Å². The molecule has 0 aromatic heterocycles. The minimum absolute atomic E-state index is 0.00268. The lowest BCUT2D eigenvalue weighted by molar-refractivity contribution is -0.141. The second-order valence-electron chi connectivity index (χ2n) is 9.93. The number of ether oxygens (including phenoxy) is 1. The Kier molecular flexibility index (Phi) is 7.07. The molecule has 1 aromatic carbocycles. The molecule has 6 atom stereocenters. The van der Waals surface area contributed by atoms with Crippen LogP contribution in [-0.4, -0.2) is 101 Å². The van der Waals surface area contributed by atoms with Crippen molar-refractivity contribution in [3.63, 3.8) is 0 Å². The van der Waals surface area contributed by atoms with E-state index in [2.05, 4.69) is 15.5 Å². The first-order valence-corrected chi connectivity index (χ1v) is 13.4. The number of hydrogen-bond donors (Lipinski definition) is 3. The molecule has 1 aromatic rings. The normalized spacial score (nSPS) is 33.0. The molecule has 2 unspecified atom stereocenters. The van der Waals surface area contributed by atoms with E-state index in [1.807, 2.05) is 30.3 Å². The fourth-order valence-electron chi connectivity index (χ4n) is 6.26. The summed E-state index contributed by atoms with van der Waals surface area (Å²) in [5.74, 6) is -1.62. The van der Waals surface area contributed by atoms with E-state index in [0.29, 0.717) is 31.9 Å². The monoisotopic (exact) mass is 502 g/mol. The Bertz CT molecular complexity index is 958. The van der Waals surface area contributed by atoms with E-state index in [1.54, 1.807) is 23.6 Å². The third-order valence-corrected chi connectivity index (χ3v) is 9.85. The van der Waals surface area contributed by atoms with Crippen LogP contribution in [0.15, 0.2) is 30.3 Å². The third-order valence-electron chi connectivity index (χ3n) is 7.90. The third kappa shape index (κ3) is 4.34. The summed E-state index contributed by atoms with van der Waals surface area (Å²) in [6.07, 6.45) is 1.50. The van der Waals surface area contributed by atoms with Gasteiger partial charge < -0.3 is 25.4 Å². The molecule has 1 spiro atoms. The van der Waals surface area contributed by atoms with Gasteiger partial charge in [0.25, 0.3) is 0 Å². The Hall–Kier alpha value is -2.14. The lowest BCUT2D eigenvalue weighted by atomic mass is 9.70. The predicted octanol–water partition coefficient (Wildman–Crippen LogP) is 0.546. The molecule has 10 heteroatoms. The summed E-state index contributed by atoms with van der Waals surface area (Å²) < 4.78 is 4.74. The zero-order valence-electron chi connectivity index (χ0n) is 20.0. The largest absolute Gasteiger partial charge is 0.394 e. The van der Waals surface area contributed by atoms with Gasteiger partial charge in [-0.2, -0.15) is 0 Å². The molecular formula is C25H34N4O5S. The molecule has 0 aliphatic carbocycles. The number of carbonyl (C=O) groups is 3. The van der Waals surface area contributed by atoms with Gasteiger partial charge in [-0.15, -0.1) is 11.8 Å². The number of para-hydroxylation sites is 1. The minimum Gasteiger partial charge on any atom is -0.394 e. The topological polar surface area (TPSA) is 111 Å². The maximum atomic E-state index is 13.8. The minimum atomic E-state index is -0.698. The van der Waals surface area contributed by atoms with Crippen molar-refractivity contribution in [1.82, 2.24) is 15.1 Å². The van der Waals surface area contributed by atoms with E-state index in [9.17, 15) is 19.5 Å². The van der Waals surface area contributed by atoms with Crippen LogP contribution in [0, 0.1) is 11.8 Å². The number of benzene rings is 1. The van der Waals surface area contributed by atoms with Crippen molar-refractivity contribution in [2.75, 3.05) is 51.3 Å². The van der Waals surface area contributed by atoms with Crippen LogP contribution in [0.1, 0.15) is 19.8 Å². The highest BCUT2D eigenvalue weighted by molar-refractivity contribution is 8.02. The molecule has 4 heterocycles. The summed E-state index contributed by atoms with van der Waals surface area (Å²) in [6, 6.07) is 8.05. The van der Waals surface area contributed by atoms with E-state index < -0.39 is 28.7 Å². The fourth-order valence-corrected chi connectivity index (χ4v) is 8.46. The van der Waals surface area contributed by atoms with Crippen LogP contribution in [0.5, 0.6) is 0 Å². The molecule has 4 aliphatic heterocycles. The van der Waals surface area contributed by atoms with Gasteiger partial charge in [0.1, 0.15) is 6.04 Å². The van der Waals surface area contributed by atoms with Crippen LogP contribution in [0.3, 0.4) is 0 Å². The first-order chi connectivity index (χ1) is 17.0. The summed E-state index contributed by atoms with van der Waals surface area (Å²) in [5, 5.41) is 16.0. The van der Waals surface area contributed by atoms with Crippen LogP contribution in [0.25, 0.3) is 0 Å². The van der Waals surface area contributed by atoms with Crippen molar-refractivity contribution in [2.45, 2.75) is 41.8 Å². The van der Waals surface area contributed by atoms with Gasteiger partial charge >= 0.3 is 0 Å². The van der Waals surface area contributed by atoms with Crippen LogP contribution in [0.4, 0.5) is 5.69 Å². The van der Waals surface area contributed by atoms with Crippen molar-refractivity contribution in [3.8, 4) is 0 Å². The maximum Gasteiger partial charge on any atom is 0.244 e. The SMILES string of the molecule is C[C@H](CO)N1C(=O)[C@@H]2[C@H](C(=O)Nc3ccccc3)[C@@H]3CCC2(S3)C1C(=O)NCCN1CCOCC1. The number of fused-ring (bicyclic) bond motifs is 1. The fraction of sp³-hybridized carbons (Fsp3) is 0.640. The van der Waals surface area contributed by atoms with Crippen molar-refractivity contribution in [2.24, 2.45) is 11.8 Å². The lowest BCUT2D eigenvalue weighted by Gasteiger charge is -2.36. The van der Waals surface area contributed by atoms with E-state index in [1.165, 1.54) is 0 Å². The molecule has 4 saturated heterocycles. The zero-order chi connectivity index (χ0) is 24.6. The van der Waals surface area contributed by atoms with Gasteiger partial charge in [-0.25, -0.2) is 0 Å². The molecule has 3 amide bonds. The molecule has 9 nitrogen and oxygen atoms in total. The highest BCUT2D eigenvalue weighted by Gasteiger charge is 2.74. The number of anilines is 1. The molecule has 0 saturated carbocycles. The predicted molar refractivity (Wildman–Crippen MR) is 133 cm³/mol. The summed E-state index contributed by atoms with van der Waals surface area (Å²) in [7, 11) is 0. The number of aliphatic hydroxyl groups is 1. The molecule has 4 fully saturated rings. The highest BCUT2D eigenvalue weighted by Crippen LogP contribution is 2.66. The first kappa shape index (κ1) is 24.5. The number of hydrogen-bond acceptors (Lipinski definition) is 7. The molecular weight excluding hydrogens is 468 g/mol. The van der Waals surface area contributed by atoms with E-state index >= 15 is 0 Å². The lowest BCUT2D eigenvalue weighted by Crippen LogP contribution is -2.56. The molecule has 2 bridgehead atoms. The van der Waals surface area contributed by atoms with Crippen LogP contribution < -0.4 is 10.6 Å². The molecule has 35 heavy (non-hydrogen) atoms. The van der Waals surface area contributed by atoms with Crippen molar-refractivity contribution >= 4 is 35.2 Å². The van der Waals surface area contributed by atoms with Gasteiger partial charge in [0.2, 0.25) is 17.7 Å². The number of aliphatic hydroxyl groups excluding tert-OH is 1. The second kappa shape index (κ2) is 10.1. The Labute approximate surface area is 209 Å². The molecule has 190 valence electrons. The van der Waals surface area contributed by atoms with Gasteiger partial charge in [-0.05, 0) is 31.9 Å². The van der Waals surface area contributed by atoms with E-state index in [4.69, 9.17) is 4.74 Å². The standard InChI is InChI=1S/C25H34N4O5S/c1-16(15-30)29-21(23(32)26-9-10-28-11-13-34-14-12-28)25-8-7-18(35-25)19(20(25)24(29)33)22(31)27-17-5-3-2-4-6-17/h2-6,16,18-21,30H,7-15H2,1H3,(H,26,32)(H,27,31)/t16-,18+,19-,20+,21?,25?/m1/s1. The molecule has 5 rings (SSSR count). The van der Waals surface area contributed by atoms with Gasteiger partial charge in [-0.3, -0.25) is 19.3 Å². The smallest absolute Gasteiger partial charge is 0.244 e. The Balaban J connectivity index is 1.36. The number of amides is 3. The van der Waals surface area contributed by atoms with Gasteiger partial charge in [0.05, 0.1) is 42.4 Å². The number of morpholine rings is 1. The van der Waals surface area contributed by atoms with E-state index in [0.717, 1.165) is 26.1 Å². The average Bonchev–Trinajstić information content (AvgIpc) is 3.52. The molecule has 4 aliphatic rings. The summed E-state index contributed by atoms with van der Waals surface area (Å²) in [5.41, 5.74) is 0.697. The van der Waals surface area contributed by atoms with Crippen LogP contribution in [-0.2, 0) is 19.1 Å². The second-order valence-corrected chi connectivity index (χ2v) is 11.5. The zero-order valence-corrected chi connectivity index (χ0v) is 20.8. The summed E-state index contributed by atoms with van der Waals surface area (Å²) in [6.45, 7) is 5.81. The quantitative estimate of drug-likeness (QED) is 0.476. The average molecular weight is 503 g/mol. The number of likely N-dealkylation sites (tertiary alicyclic amines) is 1. The Morgan fingerprint density at radius 1 is 1.23 bits per heavy atom. The van der Waals surface area contributed by atoms with Gasteiger partial charge in [0, 0.05) is 37.1 Å². The number of nitrogens with one attached hydrogen (secondary N) is 2. The Morgan fingerprint density at radius 2 is 1.97 bits per heavy atom. The maximum absolute atomic E-state index is 13.8. The number of thioether (sulfide) groups is 1. The first-order valence-electron chi connectivity index (χ1n) is 12.5. The van der Waals surface area contributed by atoms with Crippen molar-refractivity contribution in [3.05, 3.63) is 30.3 Å². The highest BCUT2D eigenvalue weighted by atomic mass is 32.2. The number of rotatable bonds is 8. The van der Waals surface area contributed by atoms with E-state index in [-0.39, 0.29) is 29.6 Å². The van der Waals surface area contributed by atoms with Crippen LogP contribution in [0.2, 0.25) is 0 Å². The number of carbonyl (C=O) groups excluding carboxylic acids is 3. The summed E-state index contributed by atoms with van der Waals surface area (Å²) in [4.78, 5) is 44.6. The van der Waals surface area contributed by atoms with Gasteiger partial charge in [-0.1, -0.05) is 18.2 Å². The molecule has 3 N–H and O–H groups in total. The number of nitrogens with zero attached hydrogens (tertiary/aromatic N) is 2. The van der Waals surface area contributed by atoms with Crippen molar-refractivity contribution < 1.29 is 24.2 Å². The summed E-state index contributed by atoms with van der Waals surface area (Å²) >= 11 is 1.64. The Morgan fingerprint density at radius 3 is 2.69 bits per heavy atom.